The van der Waals surface area contributed by atoms with Gasteiger partial charge >= 0.3 is 11.9 Å². The number of aliphatic carboxylic acids is 1. The van der Waals surface area contributed by atoms with Gasteiger partial charge in [-0.25, -0.2) is 9.37 Å². The van der Waals surface area contributed by atoms with Gasteiger partial charge in [-0.1, -0.05) is 48.5 Å². The molecule has 0 radical (unpaired) electrons. The van der Waals surface area contributed by atoms with Crippen LogP contribution in [0.4, 0.5) is 4.39 Å². The zero-order valence-corrected chi connectivity index (χ0v) is 37.3. The van der Waals surface area contributed by atoms with Crippen LogP contribution in [0, 0.1) is 62.0 Å². The largest absolute Gasteiger partial charge is 0.481 e. The van der Waals surface area contributed by atoms with Crippen LogP contribution in [-0.2, 0) is 25.7 Å². The van der Waals surface area contributed by atoms with E-state index in [4.69, 9.17) is 4.74 Å². The Bertz CT molecular complexity index is 2020. The summed E-state index contributed by atoms with van der Waals surface area (Å²) in [5.41, 5.74) is 0.0159. The summed E-state index contributed by atoms with van der Waals surface area (Å²) in [5, 5.41) is 31.8. The Morgan fingerprint density at radius 1 is 0.983 bits per heavy atom. The first kappa shape index (κ1) is 43.6. The molecule has 0 aromatic carbocycles. The third-order valence-electron chi connectivity index (χ3n) is 17.1. The van der Waals surface area contributed by atoms with Gasteiger partial charge in [0.05, 0.1) is 18.0 Å². The van der Waals surface area contributed by atoms with Crippen molar-refractivity contribution in [3.05, 3.63) is 41.1 Å². The fourth-order valence-corrected chi connectivity index (χ4v) is 13.8. The molecule has 0 bridgehead atoms. The third-order valence-corrected chi connectivity index (χ3v) is 17.1. The van der Waals surface area contributed by atoms with Crippen LogP contribution in [0.2, 0.25) is 0 Å². The number of carboxylic acid groups (broad SMARTS) is 1. The van der Waals surface area contributed by atoms with Gasteiger partial charge < -0.3 is 24.4 Å². The fraction of sp³-hybridized carbons (Fsp3) is 0.745. The molecule has 0 spiro atoms. The van der Waals surface area contributed by atoms with E-state index in [1.54, 1.807) is 19.9 Å². The standard InChI is InChI=1S/C47H68FN5O6/c1-27(2)36-31(54)24-47(38(56)40-51-50-39(53(40)23-22-52(10)11)30-14-12-28(48)26-49-30)21-20-45(8)29(37(36)47)13-15-33-44(7)18-17-34(59-35(55)25-42(3,4)41(57)58)43(5,6)32(44)16-19-46(33,45)9/h12,14,26-27,29,32-34,38,56H,13,15-25H2,1-11H3,(H,57,58)/t29?,32-,33+,34-,38+,44-,45+,46+,47+/m0/s1. The Morgan fingerprint density at radius 2 is 1.69 bits per heavy atom. The van der Waals surface area contributed by atoms with E-state index in [1.165, 1.54) is 12.3 Å². The summed E-state index contributed by atoms with van der Waals surface area (Å²) in [7, 11) is 3.97. The maximum Gasteiger partial charge on any atom is 0.309 e. The molecule has 9 atom stereocenters. The number of aliphatic hydroxyl groups is 1. The predicted octanol–water partition coefficient (Wildman–Crippen LogP) is 8.47. The number of rotatable bonds is 11. The Morgan fingerprint density at radius 3 is 2.32 bits per heavy atom. The number of carbonyl (C=O) groups excluding carboxylic acids is 2. The Hall–Kier alpha value is -3.51. The summed E-state index contributed by atoms with van der Waals surface area (Å²) < 4.78 is 22.1. The Kier molecular flexibility index (Phi) is 11.0. The Labute approximate surface area is 350 Å². The summed E-state index contributed by atoms with van der Waals surface area (Å²) in [6.07, 6.45) is 7.01. The third kappa shape index (κ3) is 6.72. The molecule has 4 fully saturated rings. The minimum Gasteiger partial charge on any atom is -0.481 e. The monoisotopic (exact) mass is 818 g/mol. The van der Waals surface area contributed by atoms with Crippen LogP contribution < -0.4 is 0 Å². The smallest absolute Gasteiger partial charge is 0.309 e. The molecule has 2 heterocycles. The number of nitrogens with zero attached hydrogens (tertiary/aromatic N) is 5. The van der Waals surface area contributed by atoms with Crippen LogP contribution in [0.15, 0.2) is 29.5 Å². The molecular formula is C47H68FN5O6. The fourth-order valence-electron chi connectivity index (χ4n) is 13.8. The van der Waals surface area contributed by atoms with E-state index in [0.29, 0.717) is 48.7 Å². The van der Waals surface area contributed by atoms with Crippen molar-refractivity contribution in [1.82, 2.24) is 24.6 Å². The van der Waals surface area contributed by atoms with Gasteiger partial charge in [-0.2, -0.15) is 0 Å². The number of ketones is 1. The number of likely N-dealkylation sites (N-methyl/N-ethyl adjacent to an activating group) is 1. The van der Waals surface area contributed by atoms with E-state index in [1.807, 2.05) is 18.7 Å². The summed E-state index contributed by atoms with van der Waals surface area (Å²) >= 11 is 0. The van der Waals surface area contributed by atoms with E-state index in [9.17, 15) is 29.0 Å². The molecule has 2 aromatic heterocycles. The van der Waals surface area contributed by atoms with Gasteiger partial charge in [-0.15, -0.1) is 10.2 Å². The first-order valence-electron chi connectivity index (χ1n) is 22.0. The topological polar surface area (TPSA) is 148 Å². The first-order chi connectivity index (χ1) is 27.4. The number of hydrogen-bond acceptors (Lipinski definition) is 9. The Balaban J connectivity index is 1.23. The van der Waals surface area contributed by atoms with E-state index in [0.717, 1.165) is 56.1 Å². The van der Waals surface area contributed by atoms with Crippen LogP contribution in [0.3, 0.4) is 0 Å². The highest BCUT2D eigenvalue weighted by Crippen LogP contribution is 2.77. The molecule has 0 amide bonds. The molecule has 5 aliphatic carbocycles. The van der Waals surface area contributed by atoms with Crippen LogP contribution in [-0.4, -0.2) is 79.3 Å². The molecule has 5 aliphatic rings. The lowest BCUT2D eigenvalue weighted by atomic mass is 9.33. The van der Waals surface area contributed by atoms with E-state index >= 15 is 0 Å². The number of carbonyl (C=O) groups is 3. The van der Waals surface area contributed by atoms with Gasteiger partial charge in [0.15, 0.2) is 17.4 Å². The molecule has 4 saturated carbocycles. The molecule has 59 heavy (non-hydrogen) atoms. The molecule has 0 aliphatic heterocycles. The lowest BCUT2D eigenvalue weighted by molar-refractivity contribution is -0.235. The van der Waals surface area contributed by atoms with Crippen molar-refractivity contribution < 1.29 is 33.7 Å². The molecule has 7 rings (SSSR count). The van der Waals surface area contributed by atoms with E-state index in [-0.39, 0.29) is 58.2 Å². The predicted molar refractivity (Wildman–Crippen MR) is 222 cm³/mol. The van der Waals surface area contributed by atoms with E-state index < -0.39 is 34.7 Å². The summed E-state index contributed by atoms with van der Waals surface area (Å²) in [5.74, 6) is -0.0540. The highest BCUT2D eigenvalue weighted by molar-refractivity contribution is 6.00. The van der Waals surface area contributed by atoms with Gasteiger partial charge in [-0.05, 0) is 143 Å². The quantitative estimate of drug-likeness (QED) is 0.212. The molecule has 11 nitrogen and oxygen atoms in total. The summed E-state index contributed by atoms with van der Waals surface area (Å²) in [6, 6.07) is 2.94. The van der Waals surface area contributed by atoms with E-state index in [2.05, 4.69) is 68.5 Å². The lowest BCUT2D eigenvalue weighted by Crippen LogP contribution is -2.66. The van der Waals surface area contributed by atoms with Gasteiger partial charge in [0.25, 0.3) is 0 Å². The number of ether oxygens (including phenoxy) is 1. The highest BCUT2D eigenvalue weighted by Gasteiger charge is 2.71. The number of carboxylic acids is 1. The normalized spacial score (nSPS) is 34.6. The maximum absolute atomic E-state index is 14.4. The van der Waals surface area contributed by atoms with Gasteiger partial charge in [0, 0.05) is 30.3 Å². The minimum atomic E-state index is -1.19. The number of pyridine rings is 1. The number of esters is 1. The molecule has 2 aromatic rings. The first-order valence-corrected chi connectivity index (χ1v) is 22.0. The zero-order valence-electron chi connectivity index (χ0n) is 37.3. The van der Waals surface area contributed by atoms with Gasteiger partial charge in [-0.3, -0.25) is 14.4 Å². The number of fused-ring (bicyclic) bond motifs is 7. The van der Waals surface area contributed by atoms with Gasteiger partial charge in [0.2, 0.25) is 0 Å². The number of Topliss-reactive ketones (excluding diaryl/α,β-unsaturated/α-hetero) is 1. The van der Waals surface area contributed by atoms with Crippen LogP contribution in [0.1, 0.15) is 138 Å². The van der Waals surface area contributed by atoms with Crippen molar-refractivity contribution in [2.24, 2.45) is 56.2 Å². The van der Waals surface area contributed by atoms with Crippen molar-refractivity contribution in [3.63, 3.8) is 0 Å². The van der Waals surface area contributed by atoms with Crippen molar-refractivity contribution >= 4 is 17.7 Å². The summed E-state index contributed by atoms with van der Waals surface area (Å²) in [4.78, 5) is 45.8. The van der Waals surface area contributed by atoms with Crippen LogP contribution in [0.5, 0.6) is 0 Å². The molecule has 12 heteroatoms. The van der Waals surface area contributed by atoms with Crippen LogP contribution >= 0.6 is 0 Å². The molecule has 0 saturated heterocycles. The molecule has 2 N–H and O–H groups in total. The number of allylic oxidation sites excluding steroid dienone is 1. The molecular weight excluding hydrogens is 750 g/mol. The molecule has 324 valence electrons. The van der Waals surface area contributed by atoms with Crippen molar-refractivity contribution in [3.8, 4) is 11.5 Å². The average molecular weight is 818 g/mol. The van der Waals surface area contributed by atoms with Crippen molar-refractivity contribution in [2.75, 3.05) is 20.6 Å². The average Bonchev–Trinajstić information content (AvgIpc) is 3.70. The number of aromatic nitrogens is 4. The second kappa shape index (κ2) is 14.8. The van der Waals surface area contributed by atoms with Gasteiger partial charge in [0.1, 0.15) is 23.7 Å². The molecule has 1 unspecified atom stereocenters. The maximum atomic E-state index is 14.4. The van der Waals surface area contributed by atoms with Crippen molar-refractivity contribution in [1.29, 1.82) is 0 Å². The highest BCUT2D eigenvalue weighted by atomic mass is 19.1. The SMILES string of the molecule is CC(C)C1=C2C3CC[C@@H]4[C@@]5(C)CC[C@H](OC(=O)CC(C)(C)C(=O)O)C(C)(C)[C@@H]5CC[C@@]4(C)[C@]3(C)CC[C@@]2([C@H](O)c2nnc(-c3ccc(F)cn3)n2CCN(C)C)CC1=O. The van der Waals surface area contributed by atoms with Crippen LogP contribution in [0.25, 0.3) is 11.5 Å². The minimum absolute atomic E-state index is 0.00171. The van der Waals surface area contributed by atoms with Crippen molar-refractivity contribution in [2.45, 2.75) is 145 Å². The second-order valence-corrected chi connectivity index (χ2v) is 21.7. The number of hydrogen-bond donors (Lipinski definition) is 2. The lowest BCUT2D eigenvalue weighted by Gasteiger charge is -2.72. The number of aliphatic hydroxyl groups excluding tert-OH is 1. The zero-order chi connectivity index (χ0) is 43.2. The second-order valence-electron chi connectivity index (χ2n) is 21.7. The summed E-state index contributed by atoms with van der Waals surface area (Å²) in [6.45, 7) is 20.5. The number of halogens is 1.